The average Bonchev–Trinajstić information content (AvgIpc) is 2.58. The summed E-state index contributed by atoms with van der Waals surface area (Å²) in [4.78, 5) is 12.3. The van der Waals surface area contributed by atoms with Gasteiger partial charge in [-0.3, -0.25) is 4.79 Å². The summed E-state index contributed by atoms with van der Waals surface area (Å²) < 4.78 is 5.82. The lowest BCUT2D eigenvalue weighted by Crippen LogP contribution is -2.02. The highest BCUT2D eigenvalue weighted by molar-refractivity contribution is 5.97. The average molecular weight is 288 g/mol. The maximum atomic E-state index is 12.3. The molecule has 0 saturated carbocycles. The molecule has 0 radical (unpaired) electrons. The zero-order valence-corrected chi connectivity index (χ0v) is 11.6. The van der Waals surface area contributed by atoms with Crippen LogP contribution in [0.15, 0.2) is 75.9 Å². The van der Waals surface area contributed by atoms with Gasteiger partial charge in [0.05, 0.1) is 5.39 Å². The highest BCUT2D eigenvalue weighted by Gasteiger charge is 2.16. The summed E-state index contributed by atoms with van der Waals surface area (Å²) in [6.45, 7) is 0. The summed E-state index contributed by atoms with van der Waals surface area (Å²) in [6.07, 6.45) is 0. The van der Waals surface area contributed by atoms with Crippen molar-refractivity contribution in [1.82, 2.24) is 0 Å². The van der Waals surface area contributed by atoms with E-state index in [4.69, 9.17) is 4.42 Å². The summed E-state index contributed by atoms with van der Waals surface area (Å²) >= 11 is 0. The second-order valence-corrected chi connectivity index (χ2v) is 5.13. The Morgan fingerprint density at radius 3 is 2.32 bits per heavy atom. The van der Waals surface area contributed by atoms with Gasteiger partial charge in [-0.25, -0.2) is 0 Å². The van der Waals surface area contributed by atoms with Crippen molar-refractivity contribution < 1.29 is 9.52 Å². The third kappa shape index (κ3) is 1.79. The Morgan fingerprint density at radius 1 is 0.773 bits per heavy atom. The Bertz CT molecular complexity index is 1060. The molecule has 0 spiro atoms. The van der Waals surface area contributed by atoms with Gasteiger partial charge in [0.2, 0.25) is 11.2 Å². The maximum absolute atomic E-state index is 12.3. The van der Waals surface area contributed by atoms with E-state index in [2.05, 4.69) is 0 Å². The van der Waals surface area contributed by atoms with E-state index in [1.807, 2.05) is 42.5 Å². The maximum Gasteiger partial charge on any atom is 0.235 e. The lowest BCUT2D eigenvalue weighted by molar-refractivity contribution is 0.449. The molecule has 0 saturated heterocycles. The SMILES string of the molecule is O=c1c(O)c(-c2cccc3ccccc23)oc2ccccc12. The lowest BCUT2D eigenvalue weighted by Gasteiger charge is -2.08. The number of rotatable bonds is 1. The zero-order valence-electron chi connectivity index (χ0n) is 11.6. The van der Waals surface area contributed by atoms with Gasteiger partial charge in [-0.2, -0.15) is 0 Å². The molecule has 0 aliphatic rings. The molecule has 1 N–H and O–H groups in total. The van der Waals surface area contributed by atoms with E-state index in [0.29, 0.717) is 16.5 Å². The topological polar surface area (TPSA) is 50.4 Å². The smallest absolute Gasteiger partial charge is 0.235 e. The molecule has 3 nitrogen and oxygen atoms in total. The summed E-state index contributed by atoms with van der Waals surface area (Å²) in [7, 11) is 0. The van der Waals surface area contributed by atoms with Crippen molar-refractivity contribution in [1.29, 1.82) is 0 Å². The fourth-order valence-corrected chi connectivity index (χ4v) is 2.74. The third-order valence-corrected chi connectivity index (χ3v) is 3.81. The van der Waals surface area contributed by atoms with Gasteiger partial charge in [0.25, 0.3) is 0 Å². The minimum atomic E-state index is -0.412. The van der Waals surface area contributed by atoms with Crippen LogP contribution in [0.25, 0.3) is 33.1 Å². The van der Waals surface area contributed by atoms with Crippen LogP contribution < -0.4 is 5.43 Å². The molecular weight excluding hydrogens is 276 g/mol. The lowest BCUT2D eigenvalue weighted by atomic mass is 10.0. The predicted octanol–water partition coefficient (Wildman–Crippen LogP) is 4.32. The summed E-state index contributed by atoms with van der Waals surface area (Å²) in [6, 6.07) is 20.4. The van der Waals surface area contributed by atoms with Crippen LogP contribution in [0.2, 0.25) is 0 Å². The molecule has 1 heterocycles. The van der Waals surface area contributed by atoms with Gasteiger partial charge < -0.3 is 9.52 Å². The summed E-state index contributed by atoms with van der Waals surface area (Å²) in [5.41, 5.74) is 0.761. The first-order chi connectivity index (χ1) is 10.8. The highest BCUT2D eigenvalue weighted by Crippen LogP contribution is 2.34. The molecule has 0 aliphatic carbocycles. The van der Waals surface area contributed by atoms with Crippen LogP contribution in [-0.2, 0) is 0 Å². The van der Waals surface area contributed by atoms with Crippen LogP contribution >= 0.6 is 0 Å². The second-order valence-electron chi connectivity index (χ2n) is 5.13. The molecule has 1 aromatic heterocycles. The zero-order chi connectivity index (χ0) is 15.1. The van der Waals surface area contributed by atoms with Gasteiger partial charge in [-0.05, 0) is 22.9 Å². The van der Waals surface area contributed by atoms with Crippen molar-refractivity contribution in [2.24, 2.45) is 0 Å². The summed E-state index contributed by atoms with van der Waals surface area (Å²) in [5.74, 6) is -0.143. The van der Waals surface area contributed by atoms with E-state index >= 15 is 0 Å². The van der Waals surface area contributed by atoms with E-state index in [1.165, 1.54) is 0 Å². The Morgan fingerprint density at radius 2 is 1.45 bits per heavy atom. The molecule has 22 heavy (non-hydrogen) atoms. The number of hydrogen-bond acceptors (Lipinski definition) is 3. The normalized spacial score (nSPS) is 11.1. The van der Waals surface area contributed by atoms with Crippen LogP contribution in [0, 0.1) is 0 Å². The molecular formula is C19H12O3. The van der Waals surface area contributed by atoms with E-state index in [-0.39, 0.29) is 11.5 Å². The van der Waals surface area contributed by atoms with Crippen molar-refractivity contribution in [2.45, 2.75) is 0 Å². The molecule has 4 aromatic rings. The monoisotopic (exact) mass is 288 g/mol. The molecule has 4 rings (SSSR count). The third-order valence-electron chi connectivity index (χ3n) is 3.81. The van der Waals surface area contributed by atoms with E-state index < -0.39 is 5.43 Å². The first-order valence-electron chi connectivity index (χ1n) is 6.98. The van der Waals surface area contributed by atoms with Gasteiger partial charge >= 0.3 is 0 Å². The van der Waals surface area contributed by atoms with Crippen LogP contribution in [0.5, 0.6) is 5.75 Å². The first-order valence-corrected chi connectivity index (χ1v) is 6.98. The Balaban J connectivity index is 2.13. The number of para-hydroxylation sites is 1. The van der Waals surface area contributed by atoms with Crippen LogP contribution in [0.4, 0.5) is 0 Å². The Hall–Kier alpha value is -3.07. The fourth-order valence-electron chi connectivity index (χ4n) is 2.74. The van der Waals surface area contributed by atoms with Gasteiger partial charge in [0.15, 0.2) is 5.76 Å². The fraction of sp³-hybridized carbons (Fsp3) is 0. The van der Waals surface area contributed by atoms with Gasteiger partial charge in [-0.1, -0.05) is 54.6 Å². The molecule has 3 aromatic carbocycles. The van der Waals surface area contributed by atoms with E-state index in [9.17, 15) is 9.90 Å². The Kier molecular flexibility index (Phi) is 2.73. The second kappa shape index (κ2) is 4.74. The van der Waals surface area contributed by atoms with Gasteiger partial charge in [0.1, 0.15) is 5.58 Å². The first kappa shape index (κ1) is 12.7. The Labute approximate surface area is 126 Å². The van der Waals surface area contributed by atoms with Crippen molar-refractivity contribution in [2.75, 3.05) is 0 Å². The molecule has 106 valence electrons. The van der Waals surface area contributed by atoms with Crippen molar-refractivity contribution in [3.8, 4) is 17.1 Å². The van der Waals surface area contributed by atoms with Gasteiger partial charge in [-0.15, -0.1) is 0 Å². The molecule has 0 fully saturated rings. The number of hydrogen-bond donors (Lipinski definition) is 1. The highest BCUT2D eigenvalue weighted by atomic mass is 16.4. The molecule has 0 bridgehead atoms. The van der Waals surface area contributed by atoms with E-state index in [0.717, 1.165) is 10.8 Å². The molecule has 0 unspecified atom stereocenters. The standard InChI is InChI=1S/C19H12O3/c20-17-15-9-3-4-11-16(15)22-19(18(17)21)14-10-5-7-12-6-1-2-8-13(12)14/h1-11,21H. The van der Waals surface area contributed by atoms with Crippen LogP contribution in [0.3, 0.4) is 0 Å². The largest absolute Gasteiger partial charge is 0.502 e. The van der Waals surface area contributed by atoms with E-state index in [1.54, 1.807) is 24.3 Å². The van der Waals surface area contributed by atoms with Crippen molar-refractivity contribution >= 4 is 21.7 Å². The predicted molar refractivity (Wildman–Crippen MR) is 87.1 cm³/mol. The quantitative estimate of drug-likeness (QED) is 0.567. The van der Waals surface area contributed by atoms with Crippen LogP contribution in [-0.4, -0.2) is 5.11 Å². The molecule has 3 heteroatoms. The van der Waals surface area contributed by atoms with Crippen molar-refractivity contribution in [3.63, 3.8) is 0 Å². The number of benzene rings is 3. The minimum absolute atomic E-state index is 0.209. The summed E-state index contributed by atoms with van der Waals surface area (Å²) in [5, 5.41) is 12.6. The molecule has 0 atom stereocenters. The molecule has 0 aliphatic heterocycles. The minimum Gasteiger partial charge on any atom is -0.502 e. The van der Waals surface area contributed by atoms with Crippen molar-refractivity contribution in [3.05, 3.63) is 77.0 Å². The van der Waals surface area contributed by atoms with Crippen LogP contribution in [0.1, 0.15) is 0 Å². The van der Waals surface area contributed by atoms with Gasteiger partial charge in [0, 0.05) is 5.56 Å². The number of aromatic hydroxyl groups is 1. The molecule has 0 amide bonds. The number of fused-ring (bicyclic) bond motifs is 2.